The average molecular weight is 223 g/mol. The Labute approximate surface area is 92.7 Å². The number of nitrogens with zero attached hydrogens (tertiary/aromatic N) is 1. The smallest absolute Gasteiger partial charge is 0.223 e. The van der Waals surface area contributed by atoms with E-state index >= 15 is 0 Å². The Morgan fingerprint density at radius 3 is 2.67 bits per heavy atom. The Hall–Kier alpha value is -1.16. The summed E-state index contributed by atoms with van der Waals surface area (Å²) in [7, 11) is 0. The summed E-state index contributed by atoms with van der Waals surface area (Å²) in [5.74, 6) is 0.199. The first-order chi connectivity index (χ1) is 7.27. The van der Waals surface area contributed by atoms with Crippen LogP contribution in [0, 0.1) is 0 Å². The van der Waals surface area contributed by atoms with Gasteiger partial charge in [-0.2, -0.15) is 0 Å². The molecule has 80 valence electrons. The summed E-state index contributed by atoms with van der Waals surface area (Å²) in [5.41, 5.74) is 0. The molecule has 0 atom stereocenters. The van der Waals surface area contributed by atoms with Gasteiger partial charge in [-0.05, 0) is 17.9 Å². The predicted octanol–water partition coefficient (Wildman–Crippen LogP) is 1.94. The molecule has 1 aromatic heterocycles. The van der Waals surface area contributed by atoms with Gasteiger partial charge in [-0.1, -0.05) is 6.07 Å². The van der Waals surface area contributed by atoms with Crippen molar-refractivity contribution in [2.24, 2.45) is 0 Å². The lowest BCUT2D eigenvalue weighted by atomic mass is 10.1. The number of hydrogen-bond acceptors (Lipinski definition) is 3. The maximum atomic E-state index is 11.6. The third-order valence-electron chi connectivity index (χ3n) is 2.57. The minimum atomic E-state index is 0.0823. The van der Waals surface area contributed by atoms with Crippen molar-refractivity contribution in [2.45, 2.75) is 19.3 Å². The molecule has 1 fully saturated rings. The Bertz CT molecular complexity index is 355. The summed E-state index contributed by atoms with van der Waals surface area (Å²) < 4.78 is 0. The molecule has 3 nitrogen and oxygen atoms in total. The molecular weight excluding hydrogens is 210 g/mol. The third kappa shape index (κ3) is 2.45. The normalized spacial score (nSPS) is 14.8. The van der Waals surface area contributed by atoms with Crippen LogP contribution in [0.3, 0.4) is 0 Å². The molecule has 15 heavy (non-hydrogen) atoms. The van der Waals surface area contributed by atoms with E-state index in [9.17, 15) is 9.59 Å². The van der Waals surface area contributed by atoms with Gasteiger partial charge in [-0.3, -0.25) is 9.59 Å². The van der Waals surface area contributed by atoms with Crippen LogP contribution in [0.5, 0.6) is 0 Å². The molecule has 0 spiro atoms. The SMILES string of the molecule is O=C(CCC(=O)N1CCC1)c1cccs1. The minimum absolute atomic E-state index is 0.0823. The number of thiophene rings is 1. The molecule has 4 heteroatoms. The second-order valence-corrected chi connectivity index (χ2v) is 4.58. The van der Waals surface area contributed by atoms with E-state index in [4.69, 9.17) is 0 Å². The standard InChI is InChI=1S/C11H13NO2S/c13-9(10-3-1-8-15-10)4-5-11(14)12-6-2-7-12/h1,3,8H,2,4-7H2. The molecule has 0 bridgehead atoms. The maximum absolute atomic E-state index is 11.6. The molecule has 2 rings (SSSR count). The molecule has 1 amide bonds. The Morgan fingerprint density at radius 2 is 2.13 bits per heavy atom. The van der Waals surface area contributed by atoms with Gasteiger partial charge in [0.15, 0.2) is 5.78 Å². The fourth-order valence-corrected chi connectivity index (χ4v) is 2.20. The number of carbonyl (C=O) groups is 2. The zero-order valence-electron chi connectivity index (χ0n) is 8.44. The molecule has 1 aromatic rings. The van der Waals surface area contributed by atoms with E-state index in [1.165, 1.54) is 11.3 Å². The molecule has 0 unspecified atom stereocenters. The molecule has 1 saturated heterocycles. The summed E-state index contributed by atoms with van der Waals surface area (Å²) in [5, 5.41) is 1.88. The highest BCUT2D eigenvalue weighted by Crippen LogP contribution is 2.14. The van der Waals surface area contributed by atoms with Gasteiger partial charge in [0.2, 0.25) is 5.91 Å². The minimum Gasteiger partial charge on any atom is -0.343 e. The van der Waals surface area contributed by atoms with E-state index < -0.39 is 0 Å². The van der Waals surface area contributed by atoms with Crippen molar-refractivity contribution in [3.05, 3.63) is 22.4 Å². The van der Waals surface area contributed by atoms with Gasteiger partial charge in [0.25, 0.3) is 0 Å². The van der Waals surface area contributed by atoms with Gasteiger partial charge in [0.1, 0.15) is 0 Å². The Balaban J connectivity index is 1.78. The van der Waals surface area contributed by atoms with Gasteiger partial charge in [-0.25, -0.2) is 0 Å². The highest BCUT2D eigenvalue weighted by molar-refractivity contribution is 7.12. The van der Waals surface area contributed by atoms with Crippen molar-refractivity contribution in [2.75, 3.05) is 13.1 Å². The van der Waals surface area contributed by atoms with Crippen LogP contribution >= 0.6 is 11.3 Å². The average Bonchev–Trinajstić information content (AvgIpc) is 2.63. The van der Waals surface area contributed by atoms with Crippen LogP contribution in [0.15, 0.2) is 17.5 Å². The second kappa shape index (κ2) is 4.57. The Morgan fingerprint density at radius 1 is 1.33 bits per heavy atom. The van der Waals surface area contributed by atoms with Crippen molar-refractivity contribution < 1.29 is 9.59 Å². The molecule has 1 aliphatic heterocycles. The predicted molar refractivity (Wildman–Crippen MR) is 59.1 cm³/mol. The summed E-state index contributed by atoms with van der Waals surface area (Å²) in [6, 6.07) is 3.66. The first-order valence-electron chi connectivity index (χ1n) is 5.12. The van der Waals surface area contributed by atoms with Crippen LogP contribution in [0.1, 0.15) is 28.9 Å². The fourth-order valence-electron chi connectivity index (χ4n) is 1.50. The molecule has 1 aliphatic rings. The molecule has 0 radical (unpaired) electrons. The lowest BCUT2D eigenvalue weighted by Gasteiger charge is -2.30. The monoisotopic (exact) mass is 223 g/mol. The molecule has 0 N–H and O–H groups in total. The number of amides is 1. The topological polar surface area (TPSA) is 37.4 Å². The van der Waals surface area contributed by atoms with E-state index in [0.717, 1.165) is 24.4 Å². The first kappa shape index (κ1) is 10.4. The van der Waals surface area contributed by atoms with Crippen LogP contribution in [-0.4, -0.2) is 29.7 Å². The van der Waals surface area contributed by atoms with Gasteiger partial charge in [0.05, 0.1) is 4.88 Å². The number of ketones is 1. The molecular formula is C11H13NO2S. The number of carbonyl (C=O) groups excluding carboxylic acids is 2. The zero-order valence-corrected chi connectivity index (χ0v) is 9.26. The van der Waals surface area contributed by atoms with Gasteiger partial charge in [0, 0.05) is 25.9 Å². The zero-order chi connectivity index (χ0) is 10.7. The quantitative estimate of drug-likeness (QED) is 0.731. The van der Waals surface area contributed by atoms with E-state index in [1.807, 2.05) is 16.3 Å². The third-order valence-corrected chi connectivity index (χ3v) is 3.48. The number of Topliss-reactive ketones (excluding diaryl/α,β-unsaturated/α-hetero) is 1. The highest BCUT2D eigenvalue weighted by atomic mass is 32.1. The van der Waals surface area contributed by atoms with E-state index in [-0.39, 0.29) is 11.7 Å². The van der Waals surface area contributed by atoms with Crippen molar-refractivity contribution in [3.8, 4) is 0 Å². The van der Waals surface area contributed by atoms with Crippen LogP contribution in [0.25, 0.3) is 0 Å². The number of hydrogen-bond donors (Lipinski definition) is 0. The van der Waals surface area contributed by atoms with Gasteiger partial charge < -0.3 is 4.90 Å². The summed E-state index contributed by atoms with van der Waals surface area (Å²) in [6.45, 7) is 1.73. The molecule has 0 aliphatic carbocycles. The van der Waals surface area contributed by atoms with E-state index in [0.29, 0.717) is 12.8 Å². The van der Waals surface area contributed by atoms with E-state index in [1.54, 1.807) is 6.07 Å². The van der Waals surface area contributed by atoms with E-state index in [2.05, 4.69) is 0 Å². The van der Waals surface area contributed by atoms with Crippen molar-refractivity contribution in [3.63, 3.8) is 0 Å². The fraction of sp³-hybridized carbons (Fsp3) is 0.455. The van der Waals surface area contributed by atoms with Crippen LogP contribution in [0.2, 0.25) is 0 Å². The van der Waals surface area contributed by atoms with Gasteiger partial charge in [-0.15, -0.1) is 11.3 Å². The van der Waals surface area contributed by atoms with Gasteiger partial charge >= 0.3 is 0 Å². The number of likely N-dealkylation sites (tertiary alicyclic amines) is 1. The maximum Gasteiger partial charge on any atom is 0.223 e. The van der Waals surface area contributed by atoms with Crippen LogP contribution < -0.4 is 0 Å². The largest absolute Gasteiger partial charge is 0.343 e. The lowest BCUT2D eigenvalue weighted by Crippen LogP contribution is -2.42. The summed E-state index contributed by atoms with van der Waals surface area (Å²) in [4.78, 5) is 25.6. The van der Waals surface area contributed by atoms with Crippen molar-refractivity contribution >= 4 is 23.0 Å². The lowest BCUT2D eigenvalue weighted by molar-refractivity contribution is -0.134. The molecule has 0 saturated carbocycles. The second-order valence-electron chi connectivity index (χ2n) is 3.63. The molecule has 0 aromatic carbocycles. The van der Waals surface area contributed by atoms with Crippen LogP contribution in [0.4, 0.5) is 0 Å². The van der Waals surface area contributed by atoms with Crippen molar-refractivity contribution in [1.82, 2.24) is 4.90 Å². The van der Waals surface area contributed by atoms with Crippen molar-refractivity contribution in [1.29, 1.82) is 0 Å². The molecule has 2 heterocycles. The number of rotatable bonds is 4. The van der Waals surface area contributed by atoms with Crippen LogP contribution in [-0.2, 0) is 4.79 Å². The summed E-state index contributed by atoms with van der Waals surface area (Å²) >= 11 is 1.44. The Kier molecular flexibility index (Phi) is 3.16. The first-order valence-corrected chi connectivity index (χ1v) is 6.00. The summed E-state index contributed by atoms with van der Waals surface area (Å²) in [6.07, 6.45) is 1.80. The highest BCUT2D eigenvalue weighted by Gasteiger charge is 2.20.